The molecule has 0 fully saturated rings. The number of amides is 1. The van der Waals surface area contributed by atoms with Gasteiger partial charge in [0.2, 0.25) is 0 Å². The maximum Gasteiger partial charge on any atom is 0.424 e. The maximum absolute atomic E-state index is 11.0. The van der Waals surface area contributed by atoms with Crippen LogP contribution in [-0.2, 0) is 4.74 Å². The van der Waals surface area contributed by atoms with E-state index in [9.17, 15) is 4.79 Å². The zero-order valence-corrected chi connectivity index (χ0v) is 7.76. The average Bonchev–Trinajstić information content (AvgIpc) is 2.07. The molecule has 0 aromatic rings. The second kappa shape index (κ2) is 5.85. The number of nitrogens with zero attached hydrogens (tertiary/aromatic N) is 1. The lowest BCUT2D eigenvalue weighted by molar-refractivity contribution is 0.0922. The van der Waals surface area contributed by atoms with Gasteiger partial charge in [-0.2, -0.15) is 0 Å². The van der Waals surface area contributed by atoms with Crippen molar-refractivity contribution in [2.45, 2.75) is 6.92 Å². The number of hydrogen-bond donors (Lipinski definition) is 1. The Balaban J connectivity index is 0.00000121. The second-order valence-electron chi connectivity index (χ2n) is 2.14. The molecule has 70 valence electrons. The number of rotatable bonds is 1. The van der Waals surface area contributed by atoms with E-state index in [1.54, 1.807) is 6.92 Å². The largest absolute Gasteiger partial charge is 0.449 e. The summed E-state index contributed by atoms with van der Waals surface area (Å²) in [7, 11) is 0. The molecule has 0 bridgehead atoms. The lowest BCUT2D eigenvalue weighted by Gasteiger charge is -2.22. The van der Waals surface area contributed by atoms with E-state index in [2.05, 4.69) is 5.43 Å². The highest BCUT2D eigenvalue weighted by atomic mass is 35.5. The van der Waals surface area contributed by atoms with Crippen molar-refractivity contribution in [3.63, 3.8) is 0 Å². The summed E-state index contributed by atoms with van der Waals surface area (Å²) < 4.78 is 4.77. The minimum Gasteiger partial charge on any atom is -0.449 e. The lowest BCUT2D eigenvalue weighted by atomic mass is 10.4. The summed E-state index contributed by atoms with van der Waals surface area (Å²) in [6.45, 7) is 3.48. The Kier molecular flexibility index (Phi) is 5.49. The molecule has 1 aliphatic rings. The average molecular weight is 193 g/mol. The number of carbonyl (C=O) groups excluding carboxylic acids is 1. The van der Waals surface area contributed by atoms with Crippen LogP contribution in [0.1, 0.15) is 6.92 Å². The molecule has 5 heteroatoms. The van der Waals surface area contributed by atoms with Gasteiger partial charge < -0.3 is 4.74 Å². The van der Waals surface area contributed by atoms with Crippen LogP contribution < -0.4 is 5.43 Å². The summed E-state index contributed by atoms with van der Waals surface area (Å²) >= 11 is 0. The molecule has 0 spiro atoms. The SMILES string of the molecule is CCOC(=O)N1CC=CCN1.Cl. The fourth-order valence-electron chi connectivity index (χ4n) is 0.831. The molecule has 4 nitrogen and oxygen atoms in total. The van der Waals surface area contributed by atoms with Crippen molar-refractivity contribution < 1.29 is 9.53 Å². The predicted molar refractivity (Wildman–Crippen MR) is 48.1 cm³/mol. The highest BCUT2D eigenvalue weighted by Gasteiger charge is 2.13. The van der Waals surface area contributed by atoms with E-state index >= 15 is 0 Å². The molecular weight excluding hydrogens is 180 g/mol. The van der Waals surface area contributed by atoms with E-state index in [1.807, 2.05) is 12.2 Å². The fourth-order valence-corrected chi connectivity index (χ4v) is 0.831. The highest BCUT2D eigenvalue weighted by molar-refractivity contribution is 5.85. The molecule has 0 aromatic carbocycles. The molecule has 1 aliphatic heterocycles. The van der Waals surface area contributed by atoms with Crippen molar-refractivity contribution in [2.24, 2.45) is 0 Å². The smallest absolute Gasteiger partial charge is 0.424 e. The van der Waals surface area contributed by atoms with E-state index in [-0.39, 0.29) is 18.5 Å². The van der Waals surface area contributed by atoms with Gasteiger partial charge in [0.25, 0.3) is 0 Å². The molecule has 0 aliphatic carbocycles. The Morgan fingerprint density at radius 2 is 2.42 bits per heavy atom. The molecule has 1 heterocycles. The van der Waals surface area contributed by atoms with Gasteiger partial charge in [0.1, 0.15) is 0 Å². The third kappa shape index (κ3) is 3.11. The molecule has 1 rings (SSSR count). The van der Waals surface area contributed by atoms with Crippen molar-refractivity contribution in [3.8, 4) is 0 Å². The van der Waals surface area contributed by atoms with Gasteiger partial charge in [-0.3, -0.25) is 0 Å². The third-order valence-corrected chi connectivity index (χ3v) is 1.34. The summed E-state index contributed by atoms with van der Waals surface area (Å²) in [6.07, 6.45) is 3.58. The van der Waals surface area contributed by atoms with Crippen molar-refractivity contribution in [2.75, 3.05) is 19.7 Å². The molecule has 0 saturated heterocycles. The first-order chi connectivity index (χ1) is 5.34. The van der Waals surface area contributed by atoms with Crippen molar-refractivity contribution in [3.05, 3.63) is 12.2 Å². The van der Waals surface area contributed by atoms with Crippen LogP contribution in [0, 0.1) is 0 Å². The summed E-state index contributed by atoms with van der Waals surface area (Å²) in [5, 5.41) is 1.45. The van der Waals surface area contributed by atoms with Gasteiger partial charge in [-0.1, -0.05) is 12.2 Å². The Morgan fingerprint density at radius 3 is 2.92 bits per heavy atom. The lowest BCUT2D eigenvalue weighted by Crippen LogP contribution is -2.45. The number of nitrogens with one attached hydrogen (secondary N) is 1. The zero-order valence-electron chi connectivity index (χ0n) is 6.95. The van der Waals surface area contributed by atoms with Crippen LogP contribution >= 0.6 is 12.4 Å². The van der Waals surface area contributed by atoms with Gasteiger partial charge in [-0.25, -0.2) is 15.2 Å². The number of carbonyl (C=O) groups is 1. The predicted octanol–water partition coefficient (Wildman–Crippen LogP) is 0.941. The quantitative estimate of drug-likeness (QED) is 0.629. The standard InChI is InChI=1S/C7H12N2O2.ClH/c1-2-11-7(10)9-6-4-3-5-8-9;/h3-4,8H,2,5-6H2,1H3;1H. The van der Waals surface area contributed by atoms with E-state index in [0.717, 1.165) is 0 Å². The van der Waals surface area contributed by atoms with E-state index in [4.69, 9.17) is 4.74 Å². The molecule has 12 heavy (non-hydrogen) atoms. The molecule has 0 aromatic heterocycles. The number of hydrogen-bond acceptors (Lipinski definition) is 3. The molecule has 0 unspecified atom stereocenters. The van der Waals surface area contributed by atoms with E-state index < -0.39 is 0 Å². The maximum atomic E-state index is 11.0. The first-order valence-electron chi connectivity index (χ1n) is 3.67. The van der Waals surface area contributed by atoms with Gasteiger partial charge in [0, 0.05) is 6.54 Å². The Hall–Kier alpha value is -0.740. The van der Waals surface area contributed by atoms with Crippen LogP contribution in [0.25, 0.3) is 0 Å². The van der Waals surface area contributed by atoms with Crippen LogP contribution in [0.4, 0.5) is 4.79 Å². The number of halogens is 1. The van der Waals surface area contributed by atoms with E-state index in [0.29, 0.717) is 19.7 Å². The summed E-state index contributed by atoms with van der Waals surface area (Å²) in [4.78, 5) is 11.0. The summed E-state index contributed by atoms with van der Waals surface area (Å²) in [5.74, 6) is 0. The highest BCUT2D eigenvalue weighted by Crippen LogP contribution is 1.94. The molecule has 0 radical (unpaired) electrons. The normalized spacial score (nSPS) is 15.2. The zero-order chi connectivity index (χ0) is 8.10. The van der Waals surface area contributed by atoms with Crippen LogP contribution in [0.15, 0.2) is 12.2 Å². The fraction of sp³-hybridized carbons (Fsp3) is 0.571. The topological polar surface area (TPSA) is 41.6 Å². The van der Waals surface area contributed by atoms with Crippen LogP contribution in [0.5, 0.6) is 0 Å². The monoisotopic (exact) mass is 192 g/mol. The molecule has 0 saturated carbocycles. The third-order valence-electron chi connectivity index (χ3n) is 1.34. The van der Waals surface area contributed by atoms with Crippen molar-refractivity contribution in [1.29, 1.82) is 0 Å². The van der Waals surface area contributed by atoms with Crippen molar-refractivity contribution in [1.82, 2.24) is 10.4 Å². The minimum absolute atomic E-state index is 0. The number of hydrazine groups is 1. The Labute approximate surface area is 77.9 Å². The summed E-state index contributed by atoms with van der Waals surface area (Å²) in [6, 6.07) is 0. The van der Waals surface area contributed by atoms with Gasteiger partial charge in [-0.05, 0) is 6.92 Å². The van der Waals surface area contributed by atoms with Gasteiger partial charge >= 0.3 is 6.09 Å². The van der Waals surface area contributed by atoms with Crippen LogP contribution in [0.3, 0.4) is 0 Å². The van der Waals surface area contributed by atoms with Gasteiger partial charge in [0.05, 0.1) is 13.2 Å². The van der Waals surface area contributed by atoms with Crippen molar-refractivity contribution >= 4 is 18.5 Å². The van der Waals surface area contributed by atoms with Crippen LogP contribution in [-0.4, -0.2) is 30.8 Å². The second-order valence-corrected chi connectivity index (χ2v) is 2.14. The molecule has 0 atom stereocenters. The molecule has 1 N–H and O–H groups in total. The Morgan fingerprint density at radius 1 is 1.67 bits per heavy atom. The summed E-state index contributed by atoms with van der Waals surface area (Å²) in [5.41, 5.74) is 2.88. The van der Waals surface area contributed by atoms with Gasteiger partial charge in [0.15, 0.2) is 0 Å². The molecular formula is C7H13ClN2O2. The minimum atomic E-state index is -0.308. The first kappa shape index (κ1) is 11.3. The first-order valence-corrected chi connectivity index (χ1v) is 3.67. The van der Waals surface area contributed by atoms with Crippen LogP contribution in [0.2, 0.25) is 0 Å². The van der Waals surface area contributed by atoms with Gasteiger partial charge in [-0.15, -0.1) is 12.4 Å². The Bertz CT molecular complexity index is 173. The van der Waals surface area contributed by atoms with E-state index in [1.165, 1.54) is 5.01 Å². The molecule has 1 amide bonds. The number of ether oxygens (including phenoxy) is 1.